The van der Waals surface area contributed by atoms with E-state index in [0.29, 0.717) is 36.6 Å². The minimum Gasteiger partial charge on any atom is -0.481 e. The van der Waals surface area contributed by atoms with Crippen LogP contribution in [0.1, 0.15) is 83.4 Å². The molecule has 6 nitrogen and oxygen atoms in total. The molecular formula is C30H43F3N4O2. The number of aliphatic imine (C=N–C) groups is 1. The van der Waals surface area contributed by atoms with Gasteiger partial charge in [-0.25, -0.2) is 18.2 Å². The second kappa shape index (κ2) is 12.3. The van der Waals surface area contributed by atoms with Crippen molar-refractivity contribution in [3.63, 3.8) is 0 Å². The van der Waals surface area contributed by atoms with Crippen molar-refractivity contribution < 1.29 is 22.6 Å². The monoisotopic (exact) mass is 548 g/mol. The number of benzene rings is 1. The van der Waals surface area contributed by atoms with Crippen LogP contribution in [0.25, 0.3) is 0 Å². The van der Waals surface area contributed by atoms with Crippen LogP contribution in [0.5, 0.6) is 0 Å². The molecule has 216 valence electrons. The number of hydrogen-bond donors (Lipinski definition) is 3. The summed E-state index contributed by atoms with van der Waals surface area (Å²) in [4.78, 5) is 4.89. The summed E-state index contributed by atoms with van der Waals surface area (Å²) in [6, 6.07) is 3.59. The summed E-state index contributed by atoms with van der Waals surface area (Å²) in [5.74, 6) is -1.86. The minimum absolute atomic E-state index is 0.127. The van der Waals surface area contributed by atoms with Crippen LogP contribution in [0.15, 0.2) is 46.2 Å². The summed E-state index contributed by atoms with van der Waals surface area (Å²) >= 11 is 0. The molecule has 9 heteroatoms. The Balaban J connectivity index is 1.63. The standard InChI is InChI=1S/C30H43F3N4O2/c1-17-14-22(38-5)11-8-7-10-20(17)15-21-16-24-27(35-19(3)36-28(24)37-29(21)39-6)34-18(2)23-12-9-13-25(26(23)31)30(4,32)33/h9,12-13,16-20,22,28,34-36H,7-8,10-11,14-15H2,1-6H3/t17?,18-,19?,20?,22-,28?/m1/s1. The lowest BCUT2D eigenvalue weighted by molar-refractivity contribution is 0.0135. The third-order valence-corrected chi connectivity index (χ3v) is 8.33. The van der Waals surface area contributed by atoms with Gasteiger partial charge in [-0.15, -0.1) is 0 Å². The van der Waals surface area contributed by atoms with Crippen LogP contribution in [0.3, 0.4) is 0 Å². The molecule has 1 fully saturated rings. The molecule has 4 unspecified atom stereocenters. The molecular weight excluding hydrogens is 505 g/mol. The fourth-order valence-corrected chi connectivity index (χ4v) is 6.07. The number of hydrogen-bond acceptors (Lipinski definition) is 6. The molecule has 0 radical (unpaired) electrons. The van der Waals surface area contributed by atoms with Gasteiger partial charge in [0.15, 0.2) is 0 Å². The van der Waals surface area contributed by atoms with Crippen molar-refractivity contribution in [3.8, 4) is 0 Å². The molecule has 1 aliphatic carbocycles. The number of halogens is 3. The lowest BCUT2D eigenvalue weighted by Gasteiger charge is -2.37. The van der Waals surface area contributed by atoms with Crippen molar-refractivity contribution in [1.29, 1.82) is 0 Å². The van der Waals surface area contributed by atoms with E-state index in [1.807, 2.05) is 6.92 Å². The number of alkyl halides is 2. The van der Waals surface area contributed by atoms with E-state index in [1.54, 1.807) is 27.2 Å². The Labute approximate surface area is 230 Å². The molecule has 1 aromatic rings. The van der Waals surface area contributed by atoms with Crippen LogP contribution in [-0.2, 0) is 15.4 Å². The highest BCUT2D eigenvalue weighted by Crippen LogP contribution is 2.36. The third kappa shape index (κ3) is 6.80. The largest absolute Gasteiger partial charge is 0.481 e. The first-order valence-electron chi connectivity index (χ1n) is 14.1. The van der Waals surface area contributed by atoms with Crippen molar-refractivity contribution in [2.45, 2.75) is 96.6 Å². The zero-order chi connectivity index (χ0) is 28.3. The van der Waals surface area contributed by atoms with Gasteiger partial charge in [0.25, 0.3) is 5.92 Å². The van der Waals surface area contributed by atoms with E-state index in [4.69, 9.17) is 14.5 Å². The highest BCUT2D eigenvalue weighted by molar-refractivity contribution is 5.95. The number of methoxy groups -OCH3 is 2. The molecule has 6 atom stereocenters. The van der Waals surface area contributed by atoms with E-state index in [9.17, 15) is 8.78 Å². The number of fused-ring (bicyclic) bond motifs is 1. The van der Waals surface area contributed by atoms with E-state index >= 15 is 4.39 Å². The SMILES string of the molecule is COC1=NC2NC(C)NC(N[C@H](C)c3cccc(C(C)(F)F)c3F)=C2C=C1CC1CCCC[C@@H](OC)CC1C. The smallest absolute Gasteiger partial charge is 0.273 e. The van der Waals surface area contributed by atoms with Gasteiger partial charge in [-0.2, -0.15) is 0 Å². The van der Waals surface area contributed by atoms with E-state index in [2.05, 4.69) is 29.0 Å². The maximum absolute atomic E-state index is 15.1. The van der Waals surface area contributed by atoms with Crippen molar-refractivity contribution in [1.82, 2.24) is 16.0 Å². The van der Waals surface area contributed by atoms with E-state index in [0.717, 1.165) is 42.9 Å². The third-order valence-electron chi connectivity index (χ3n) is 8.33. The number of nitrogens with zero attached hydrogens (tertiary/aromatic N) is 1. The molecule has 3 aliphatic rings. The molecule has 4 rings (SSSR count). The Morgan fingerprint density at radius 3 is 2.62 bits per heavy atom. The second-order valence-corrected chi connectivity index (χ2v) is 11.4. The Kier molecular flexibility index (Phi) is 9.32. The molecule has 1 saturated carbocycles. The van der Waals surface area contributed by atoms with Crippen LogP contribution in [-0.4, -0.2) is 38.6 Å². The first-order valence-corrected chi connectivity index (χ1v) is 14.1. The van der Waals surface area contributed by atoms with Crippen LogP contribution in [0, 0.1) is 17.7 Å². The Bertz CT molecular complexity index is 1110. The molecule has 0 saturated heterocycles. The zero-order valence-electron chi connectivity index (χ0n) is 23.9. The molecule has 1 aromatic carbocycles. The summed E-state index contributed by atoms with van der Waals surface area (Å²) < 4.78 is 54.5. The molecule has 2 heterocycles. The highest BCUT2D eigenvalue weighted by Gasteiger charge is 2.34. The summed E-state index contributed by atoms with van der Waals surface area (Å²) in [6.07, 6.45) is 8.38. The van der Waals surface area contributed by atoms with E-state index in [1.165, 1.54) is 18.9 Å². The van der Waals surface area contributed by atoms with Crippen LogP contribution < -0.4 is 16.0 Å². The molecule has 0 aromatic heterocycles. The number of dihydropyridines is 1. The topological polar surface area (TPSA) is 66.9 Å². The lowest BCUT2D eigenvalue weighted by atomic mass is 9.78. The quantitative estimate of drug-likeness (QED) is 0.375. The lowest BCUT2D eigenvalue weighted by Crippen LogP contribution is -2.54. The first-order chi connectivity index (χ1) is 18.5. The zero-order valence-corrected chi connectivity index (χ0v) is 23.9. The van der Waals surface area contributed by atoms with Crippen molar-refractivity contribution in [2.24, 2.45) is 16.8 Å². The van der Waals surface area contributed by atoms with Crippen LogP contribution in [0.2, 0.25) is 0 Å². The van der Waals surface area contributed by atoms with Gasteiger partial charge in [-0.05, 0) is 57.4 Å². The molecule has 3 N–H and O–H groups in total. The van der Waals surface area contributed by atoms with Gasteiger partial charge >= 0.3 is 0 Å². The van der Waals surface area contributed by atoms with Crippen molar-refractivity contribution in [3.05, 3.63) is 58.2 Å². The average molecular weight is 549 g/mol. The van der Waals surface area contributed by atoms with Gasteiger partial charge in [-0.1, -0.05) is 38.0 Å². The molecule has 0 amide bonds. The second-order valence-electron chi connectivity index (χ2n) is 11.4. The normalized spacial score (nSPS) is 28.8. The molecule has 2 aliphatic heterocycles. The summed E-state index contributed by atoms with van der Waals surface area (Å²) in [5.41, 5.74) is 1.50. The van der Waals surface area contributed by atoms with Gasteiger partial charge in [0.2, 0.25) is 5.90 Å². The van der Waals surface area contributed by atoms with Crippen LogP contribution in [0.4, 0.5) is 13.2 Å². The molecule has 0 bridgehead atoms. The van der Waals surface area contributed by atoms with Gasteiger partial charge in [-0.3, -0.25) is 5.32 Å². The number of rotatable bonds is 7. The maximum Gasteiger partial charge on any atom is 0.273 e. The van der Waals surface area contributed by atoms with Gasteiger partial charge in [0, 0.05) is 30.7 Å². The Morgan fingerprint density at radius 2 is 1.92 bits per heavy atom. The summed E-state index contributed by atoms with van der Waals surface area (Å²) in [6.45, 7) is 6.75. The average Bonchev–Trinajstić information content (AvgIpc) is 2.87. The van der Waals surface area contributed by atoms with E-state index in [-0.39, 0.29) is 17.9 Å². The highest BCUT2D eigenvalue weighted by atomic mass is 19.3. The molecule has 0 spiro atoms. The number of nitrogens with one attached hydrogen (secondary N) is 3. The molecule has 39 heavy (non-hydrogen) atoms. The van der Waals surface area contributed by atoms with Gasteiger partial charge < -0.3 is 20.1 Å². The minimum atomic E-state index is -3.27. The van der Waals surface area contributed by atoms with Crippen molar-refractivity contribution in [2.75, 3.05) is 14.2 Å². The Hall–Kier alpha value is -2.52. The number of ether oxygens (including phenoxy) is 2. The summed E-state index contributed by atoms with van der Waals surface area (Å²) in [7, 11) is 3.45. The predicted octanol–water partition coefficient (Wildman–Crippen LogP) is 6.27. The summed E-state index contributed by atoms with van der Waals surface area (Å²) in [5, 5.41) is 10.2. The van der Waals surface area contributed by atoms with Gasteiger partial charge in [0.1, 0.15) is 17.8 Å². The van der Waals surface area contributed by atoms with Gasteiger partial charge in [0.05, 0.1) is 31.0 Å². The maximum atomic E-state index is 15.1. The predicted molar refractivity (Wildman–Crippen MR) is 148 cm³/mol. The fourth-order valence-electron chi connectivity index (χ4n) is 6.07. The van der Waals surface area contributed by atoms with E-state index < -0.39 is 23.3 Å². The fraction of sp³-hybridized carbons (Fsp3) is 0.633. The Morgan fingerprint density at radius 1 is 1.18 bits per heavy atom. The van der Waals surface area contributed by atoms with Crippen molar-refractivity contribution >= 4 is 5.90 Å². The first kappa shape index (κ1) is 29.5. The van der Waals surface area contributed by atoms with Crippen LogP contribution >= 0.6 is 0 Å².